The van der Waals surface area contributed by atoms with Crippen LogP contribution in [0.15, 0.2) is 128 Å². The van der Waals surface area contributed by atoms with Crippen molar-refractivity contribution in [1.29, 1.82) is 0 Å². The summed E-state index contributed by atoms with van der Waals surface area (Å²) in [5, 5.41) is 4.69. The van der Waals surface area contributed by atoms with Gasteiger partial charge in [-0.25, -0.2) is 30.0 Å². The largest absolute Gasteiger partial charge is 0.324 e. The summed E-state index contributed by atoms with van der Waals surface area (Å²) < 4.78 is 4.44. The summed E-state index contributed by atoms with van der Waals surface area (Å²) in [7, 11) is 0. The van der Waals surface area contributed by atoms with Gasteiger partial charge in [-0.15, -0.1) is 0 Å². The number of rotatable bonds is 11. The van der Waals surface area contributed by atoms with Crippen LogP contribution >= 0.6 is 23.2 Å². The summed E-state index contributed by atoms with van der Waals surface area (Å²) in [5.41, 5.74) is 7.18. The average molecular weight is 725 g/mol. The molecule has 0 spiro atoms. The van der Waals surface area contributed by atoms with Crippen molar-refractivity contribution in [2.24, 2.45) is 0 Å². The molecule has 0 radical (unpaired) electrons. The van der Waals surface area contributed by atoms with Crippen molar-refractivity contribution in [2.45, 2.75) is 39.8 Å². The maximum Gasteiger partial charge on any atom is 0.171 e. The zero-order valence-electron chi connectivity index (χ0n) is 28.7. The third kappa shape index (κ3) is 6.12. The van der Waals surface area contributed by atoms with Gasteiger partial charge in [0.05, 0.1) is 43.5 Å². The van der Waals surface area contributed by atoms with Gasteiger partial charge in [0.25, 0.3) is 0 Å². The lowest BCUT2D eigenvalue weighted by molar-refractivity contribution is 0.704. The number of imidazole rings is 2. The summed E-state index contributed by atoms with van der Waals surface area (Å²) in [5.74, 6) is 2.59. The number of aryl methyl sites for hydroxylation is 2. The highest BCUT2D eigenvalue weighted by atomic mass is 35.5. The highest BCUT2D eigenvalue weighted by Gasteiger charge is 2.28. The first kappa shape index (κ1) is 33.4. The predicted molar refractivity (Wildman–Crippen MR) is 211 cm³/mol. The molecule has 0 amide bonds. The smallest absolute Gasteiger partial charge is 0.171 e. The first-order chi connectivity index (χ1) is 25.6. The van der Waals surface area contributed by atoms with E-state index in [2.05, 4.69) is 40.1 Å². The Hall–Kier alpha value is -5.77. The van der Waals surface area contributed by atoms with E-state index in [4.69, 9.17) is 43.1 Å². The lowest BCUT2D eigenvalue weighted by Crippen LogP contribution is -2.37. The first-order valence-electron chi connectivity index (χ1n) is 17.3. The molecule has 3 aromatic carbocycles. The molecule has 8 aromatic rings. The Labute approximate surface area is 311 Å². The minimum atomic E-state index is 0.423. The van der Waals surface area contributed by atoms with E-state index >= 15 is 0 Å². The number of aromatic nitrogens is 7. The molecule has 0 saturated carbocycles. The van der Waals surface area contributed by atoms with Crippen molar-refractivity contribution < 1.29 is 0 Å². The van der Waals surface area contributed by atoms with Crippen LogP contribution < -0.4 is 10.0 Å². The molecule has 0 atom stereocenters. The Morgan fingerprint density at radius 1 is 0.558 bits per heavy atom. The summed E-state index contributed by atoms with van der Waals surface area (Å²) in [6, 6.07) is 33.9. The van der Waals surface area contributed by atoms with E-state index in [1.54, 1.807) is 12.4 Å². The zero-order valence-corrected chi connectivity index (χ0v) is 30.2. The van der Waals surface area contributed by atoms with Crippen LogP contribution in [0, 0.1) is 0 Å². The average Bonchev–Trinajstić information content (AvgIpc) is 3.74. The molecule has 0 fully saturated rings. The number of nitrogens with zero attached hydrogens (tertiary/aromatic N) is 9. The molecule has 0 aliphatic rings. The summed E-state index contributed by atoms with van der Waals surface area (Å²) in [4.78, 5) is 24.3. The number of halogens is 2. The first-order valence-corrected chi connectivity index (χ1v) is 18.1. The number of para-hydroxylation sites is 5. The van der Waals surface area contributed by atoms with Gasteiger partial charge in [-0.1, -0.05) is 79.5 Å². The molecule has 0 bridgehead atoms. The second-order valence-electron chi connectivity index (χ2n) is 12.4. The molecule has 0 aliphatic heterocycles. The van der Waals surface area contributed by atoms with Gasteiger partial charge in [-0.05, 0) is 73.5 Å². The number of hydrogen-bond acceptors (Lipinski definition) is 7. The zero-order chi connectivity index (χ0) is 35.6. The van der Waals surface area contributed by atoms with Crippen LogP contribution in [0.5, 0.6) is 0 Å². The van der Waals surface area contributed by atoms with Crippen molar-refractivity contribution in [1.82, 2.24) is 34.1 Å². The fraction of sp³-hybridized carbons (Fsp3) is 0.146. The minimum Gasteiger partial charge on any atom is -0.324 e. The van der Waals surface area contributed by atoms with E-state index in [1.165, 1.54) is 0 Å². The SMILES string of the molecule is CCCn1c(-c2cnc(N(c3ccccc3)N(c3ccncc3)c3ncc(-c4nc5ccccc5n4CCC)cc3Cl)c(Cl)c2)nc2ccccc21. The van der Waals surface area contributed by atoms with E-state index < -0.39 is 0 Å². The highest BCUT2D eigenvalue weighted by molar-refractivity contribution is 6.34. The fourth-order valence-corrected chi connectivity index (χ4v) is 7.12. The molecule has 0 saturated heterocycles. The van der Waals surface area contributed by atoms with Gasteiger partial charge in [0.1, 0.15) is 11.6 Å². The third-order valence-electron chi connectivity index (χ3n) is 8.87. The molecule has 52 heavy (non-hydrogen) atoms. The van der Waals surface area contributed by atoms with E-state index in [-0.39, 0.29) is 0 Å². The predicted octanol–water partition coefficient (Wildman–Crippen LogP) is 10.9. The quantitative estimate of drug-likeness (QED) is 0.123. The maximum absolute atomic E-state index is 7.26. The van der Waals surface area contributed by atoms with Crippen LogP contribution in [0.4, 0.5) is 23.0 Å². The van der Waals surface area contributed by atoms with Crippen LogP contribution in [0.3, 0.4) is 0 Å². The summed E-state index contributed by atoms with van der Waals surface area (Å²) in [6.45, 7) is 5.95. The molecule has 8 rings (SSSR count). The lowest BCUT2D eigenvalue weighted by atomic mass is 10.2. The van der Waals surface area contributed by atoms with Crippen LogP contribution in [0.2, 0.25) is 10.0 Å². The Bertz CT molecular complexity index is 2320. The van der Waals surface area contributed by atoms with E-state index in [0.717, 1.165) is 82.1 Å². The fourth-order valence-electron chi connectivity index (χ4n) is 6.63. The highest BCUT2D eigenvalue weighted by Crippen LogP contribution is 2.42. The van der Waals surface area contributed by atoms with Crippen molar-refractivity contribution in [3.8, 4) is 22.8 Å². The molecule has 0 aliphatic carbocycles. The van der Waals surface area contributed by atoms with Gasteiger partial charge in [-0.3, -0.25) is 4.98 Å². The van der Waals surface area contributed by atoms with Crippen molar-refractivity contribution in [3.05, 3.63) is 138 Å². The number of pyridine rings is 3. The van der Waals surface area contributed by atoms with Gasteiger partial charge in [-0.2, -0.15) is 0 Å². The molecule has 11 heteroatoms. The number of hydrazine groups is 1. The maximum atomic E-state index is 7.26. The monoisotopic (exact) mass is 723 g/mol. The van der Waals surface area contributed by atoms with Crippen LogP contribution in [0.1, 0.15) is 26.7 Å². The Balaban J connectivity index is 1.28. The molecule has 0 N–H and O–H groups in total. The van der Waals surface area contributed by atoms with Gasteiger partial charge in [0.15, 0.2) is 11.6 Å². The summed E-state index contributed by atoms with van der Waals surface area (Å²) in [6.07, 6.45) is 9.03. The van der Waals surface area contributed by atoms with Crippen LogP contribution in [0.25, 0.3) is 44.8 Å². The Kier molecular flexibility index (Phi) is 9.28. The van der Waals surface area contributed by atoms with Gasteiger partial charge < -0.3 is 9.13 Å². The van der Waals surface area contributed by atoms with Crippen molar-refractivity contribution >= 4 is 68.3 Å². The second-order valence-corrected chi connectivity index (χ2v) is 13.2. The molecule has 9 nitrogen and oxygen atoms in total. The molecule has 0 unspecified atom stereocenters. The molecular weight excluding hydrogens is 689 g/mol. The number of anilines is 4. The van der Waals surface area contributed by atoms with Gasteiger partial charge in [0.2, 0.25) is 0 Å². The molecule has 5 heterocycles. The Morgan fingerprint density at radius 2 is 1.00 bits per heavy atom. The molecule has 258 valence electrons. The molecule has 5 aromatic heterocycles. The topological polar surface area (TPSA) is 80.8 Å². The van der Waals surface area contributed by atoms with Crippen molar-refractivity contribution in [2.75, 3.05) is 10.0 Å². The second kappa shape index (κ2) is 14.5. The van der Waals surface area contributed by atoms with Gasteiger partial charge in [0, 0.05) is 49.0 Å². The Morgan fingerprint density at radius 3 is 1.46 bits per heavy atom. The van der Waals surface area contributed by atoms with Crippen LogP contribution in [-0.2, 0) is 13.1 Å². The number of fused-ring (bicyclic) bond motifs is 2. The molecular formula is C41H35Cl2N9. The van der Waals surface area contributed by atoms with E-state index in [1.807, 2.05) is 113 Å². The van der Waals surface area contributed by atoms with Crippen molar-refractivity contribution in [3.63, 3.8) is 0 Å². The summed E-state index contributed by atoms with van der Waals surface area (Å²) >= 11 is 14.5. The van der Waals surface area contributed by atoms with Crippen LogP contribution in [-0.4, -0.2) is 34.1 Å². The van der Waals surface area contributed by atoms with E-state index in [0.29, 0.717) is 21.7 Å². The number of hydrogen-bond donors (Lipinski definition) is 0. The van der Waals surface area contributed by atoms with Gasteiger partial charge >= 0.3 is 0 Å². The lowest BCUT2D eigenvalue weighted by Gasteiger charge is -2.37. The minimum absolute atomic E-state index is 0.423. The third-order valence-corrected chi connectivity index (χ3v) is 9.43. The standard InChI is InChI=1S/C41H35Cl2N9/c1-3-22-49-36-16-10-8-14-34(36)47-38(49)28-24-32(42)40(45-26-28)51(30-12-6-5-7-13-30)52(31-18-20-44-21-19-31)41-33(43)25-29(27-46-41)39-48-35-15-9-11-17-37(35)50(39)23-4-2/h5-21,24-27H,3-4,22-23H2,1-2H3. The number of benzene rings is 3. The normalized spacial score (nSPS) is 11.4. The van der Waals surface area contributed by atoms with E-state index in [9.17, 15) is 0 Å².